The van der Waals surface area contributed by atoms with E-state index < -0.39 is 5.97 Å². The molecule has 0 amide bonds. The zero-order valence-corrected chi connectivity index (χ0v) is 12.7. The van der Waals surface area contributed by atoms with Crippen LogP contribution in [0.5, 0.6) is 0 Å². The first-order valence-corrected chi connectivity index (χ1v) is 7.55. The highest BCUT2D eigenvalue weighted by Crippen LogP contribution is 2.28. The molecule has 2 aromatic rings. The SMILES string of the molecule is CCCCn1cc(CCCO)c2ccc(C)c(C(=O)O)c21. The number of hydrogen-bond donors (Lipinski definition) is 2. The van der Waals surface area contributed by atoms with Gasteiger partial charge in [0.1, 0.15) is 0 Å². The highest BCUT2D eigenvalue weighted by Gasteiger charge is 2.18. The van der Waals surface area contributed by atoms with Crippen molar-refractivity contribution in [3.63, 3.8) is 0 Å². The lowest BCUT2D eigenvalue weighted by Gasteiger charge is -2.09. The Labute approximate surface area is 125 Å². The summed E-state index contributed by atoms with van der Waals surface area (Å²) in [7, 11) is 0. The highest BCUT2D eigenvalue weighted by molar-refractivity contribution is 6.04. The van der Waals surface area contributed by atoms with Gasteiger partial charge in [-0.05, 0) is 37.3 Å². The van der Waals surface area contributed by atoms with Crippen molar-refractivity contribution >= 4 is 16.9 Å². The van der Waals surface area contributed by atoms with E-state index in [0.29, 0.717) is 12.0 Å². The molecule has 0 spiro atoms. The molecule has 2 N–H and O–H groups in total. The van der Waals surface area contributed by atoms with Gasteiger partial charge in [0.05, 0.1) is 11.1 Å². The number of aromatic carboxylic acids is 1. The van der Waals surface area contributed by atoms with Crippen LogP contribution in [0.2, 0.25) is 0 Å². The van der Waals surface area contributed by atoms with Gasteiger partial charge in [-0.15, -0.1) is 0 Å². The summed E-state index contributed by atoms with van der Waals surface area (Å²) in [5.41, 5.74) is 3.14. The monoisotopic (exact) mass is 289 g/mol. The van der Waals surface area contributed by atoms with Crippen LogP contribution in [0.1, 0.15) is 47.7 Å². The van der Waals surface area contributed by atoms with E-state index in [1.165, 1.54) is 0 Å². The van der Waals surface area contributed by atoms with Crippen molar-refractivity contribution in [3.05, 3.63) is 35.0 Å². The summed E-state index contributed by atoms with van der Waals surface area (Å²) in [6.45, 7) is 4.95. The van der Waals surface area contributed by atoms with E-state index >= 15 is 0 Å². The minimum atomic E-state index is -0.873. The third kappa shape index (κ3) is 3.10. The Morgan fingerprint density at radius 3 is 2.67 bits per heavy atom. The number of aryl methyl sites for hydroxylation is 3. The van der Waals surface area contributed by atoms with Crippen LogP contribution in [0.25, 0.3) is 10.9 Å². The zero-order chi connectivity index (χ0) is 15.4. The van der Waals surface area contributed by atoms with E-state index in [0.717, 1.165) is 47.8 Å². The highest BCUT2D eigenvalue weighted by atomic mass is 16.4. The lowest BCUT2D eigenvalue weighted by atomic mass is 10.0. The summed E-state index contributed by atoms with van der Waals surface area (Å²) in [6, 6.07) is 3.88. The molecule has 0 aliphatic heterocycles. The van der Waals surface area contributed by atoms with E-state index in [2.05, 4.69) is 17.7 Å². The number of aliphatic hydroxyl groups excluding tert-OH is 1. The zero-order valence-electron chi connectivity index (χ0n) is 12.7. The number of carboxylic acids is 1. The molecule has 2 rings (SSSR count). The summed E-state index contributed by atoms with van der Waals surface area (Å²) in [5.74, 6) is -0.873. The second-order valence-corrected chi connectivity index (χ2v) is 5.49. The van der Waals surface area contributed by atoms with Gasteiger partial charge in [0.25, 0.3) is 0 Å². The number of aliphatic hydroxyl groups is 1. The second kappa shape index (κ2) is 6.76. The van der Waals surface area contributed by atoms with Crippen LogP contribution in [-0.4, -0.2) is 27.4 Å². The summed E-state index contributed by atoms with van der Waals surface area (Å²) in [4.78, 5) is 11.6. The van der Waals surface area contributed by atoms with Crippen LogP contribution in [0.3, 0.4) is 0 Å². The molecule has 0 aliphatic carbocycles. The van der Waals surface area contributed by atoms with Crippen molar-refractivity contribution in [1.29, 1.82) is 0 Å². The van der Waals surface area contributed by atoms with Gasteiger partial charge < -0.3 is 14.8 Å². The van der Waals surface area contributed by atoms with E-state index in [4.69, 9.17) is 5.11 Å². The van der Waals surface area contributed by atoms with E-state index in [-0.39, 0.29) is 6.61 Å². The molecule has 1 heterocycles. The first-order valence-electron chi connectivity index (χ1n) is 7.55. The number of carbonyl (C=O) groups is 1. The van der Waals surface area contributed by atoms with Crippen molar-refractivity contribution < 1.29 is 15.0 Å². The molecule has 0 unspecified atom stereocenters. The minimum Gasteiger partial charge on any atom is -0.478 e. The summed E-state index contributed by atoms with van der Waals surface area (Å²) in [6.07, 6.45) is 5.62. The molecule has 4 heteroatoms. The quantitative estimate of drug-likeness (QED) is 0.821. The molecular formula is C17H23NO3. The smallest absolute Gasteiger partial charge is 0.338 e. The molecule has 0 bridgehead atoms. The molecule has 0 saturated heterocycles. The van der Waals surface area contributed by atoms with Gasteiger partial charge in [0.2, 0.25) is 0 Å². The Kier molecular flexibility index (Phi) is 5.02. The molecule has 0 aliphatic rings. The van der Waals surface area contributed by atoms with Crippen molar-refractivity contribution in [2.45, 2.75) is 46.1 Å². The number of benzene rings is 1. The van der Waals surface area contributed by atoms with Crippen molar-refractivity contribution in [2.75, 3.05) is 6.61 Å². The van der Waals surface area contributed by atoms with Crippen LogP contribution >= 0.6 is 0 Å². The lowest BCUT2D eigenvalue weighted by Crippen LogP contribution is -2.05. The maximum absolute atomic E-state index is 11.6. The normalized spacial score (nSPS) is 11.2. The minimum absolute atomic E-state index is 0.152. The Bertz CT molecular complexity index is 643. The van der Waals surface area contributed by atoms with Crippen LogP contribution < -0.4 is 0 Å². The van der Waals surface area contributed by atoms with Gasteiger partial charge in [-0.2, -0.15) is 0 Å². The molecule has 0 atom stereocenters. The van der Waals surface area contributed by atoms with E-state index in [9.17, 15) is 9.90 Å². The standard InChI is InChI=1S/C17H23NO3/c1-3-4-9-18-11-13(6-5-10-19)14-8-7-12(2)15(16(14)18)17(20)21/h7-8,11,19H,3-6,9-10H2,1-2H3,(H,20,21). The largest absolute Gasteiger partial charge is 0.478 e. The van der Waals surface area contributed by atoms with Gasteiger partial charge >= 0.3 is 5.97 Å². The fraction of sp³-hybridized carbons (Fsp3) is 0.471. The number of unbranched alkanes of at least 4 members (excludes halogenated alkanes) is 1. The molecular weight excluding hydrogens is 266 g/mol. The molecule has 0 saturated carbocycles. The average Bonchev–Trinajstić information content (AvgIpc) is 2.80. The topological polar surface area (TPSA) is 62.5 Å². The summed E-state index contributed by atoms with van der Waals surface area (Å²) < 4.78 is 2.07. The fourth-order valence-electron chi connectivity index (χ4n) is 2.82. The molecule has 114 valence electrons. The molecule has 0 fully saturated rings. The maximum atomic E-state index is 11.6. The van der Waals surface area contributed by atoms with E-state index in [1.807, 2.05) is 19.1 Å². The van der Waals surface area contributed by atoms with Crippen molar-refractivity contribution in [1.82, 2.24) is 4.57 Å². The van der Waals surface area contributed by atoms with Crippen LogP contribution in [0, 0.1) is 6.92 Å². The summed E-state index contributed by atoms with van der Waals surface area (Å²) >= 11 is 0. The Morgan fingerprint density at radius 1 is 1.29 bits per heavy atom. The summed E-state index contributed by atoms with van der Waals surface area (Å²) in [5, 5.41) is 19.6. The van der Waals surface area contributed by atoms with Crippen LogP contribution in [-0.2, 0) is 13.0 Å². The maximum Gasteiger partial charge on any atom is 0.338 e. The number of rotatable bonds is 7. The van der Waals surface area contributed by atoms with Crippen LogP contribution in [0.4, 0.5) is 0 Å². The lowest BCUT2D eigenvalue weighted by molar-refractivity contribution is 0.0698. The molecule has 4 nitrogen and oxygen atoms in total. The Balaban J connectivity index is 2.62. The first-order chi connectivity index (χ1) is 10.1. The fourth-order valence-corrected chi connectivity index (χ4v) is 2.82. The van der Waals surface area contributed by atoms with Crippen molar-refractivity contribution in [2.24, 2.45) is 0 Å². The van der Waals surface area contributed by atoms with E-state index in [1.54, 1.807) is 0 Å². The number of fused-ring (bicyclic) bond motifs is 1. The Hall–Kier alpha value is -1.81. The number of aromatic nitrogens is 1. The van der Waals surface area contributed by atoms with Gasteiger partial charge in [-0.1, -0.05) is 25.5 Å². The number of hydrogen-bond acceptors (Lipinski definition) is 2. The Morgan fingerprint density at radius 2 is 2.05 bits per heavy atom. The number of carboxylic acid groups (broad SMARTS) is 1. The van der Waals surface area contributed by atoms with Gasteiger partial charge in [0, 0.05) is 24.7 Å². The predicted molar refractivity (Wildman–Crippen MR) is 83.9 cm³/mol. The third-order valence-corrected chi connectivity index (χ3v) is 3.90. The average molecular weight is 289 g/mol. The van der Waals surface area contributed by atoms with Gasteiger partial charge in [-0.25, -0.2) is 4.79 Å². The van der Waals surface area contributed by atoms with Crippen molar-refractivity contribution in [3.8, 4) is 0 Å². The number of nitrogens with zero attached hydrogens (tertiary/aromatic N) is 1. The first kappa shape index (κ1) is 15.6. The molecule has 0 radical (unpaired) electrons. The van der Waals surface area contributed by atoms with Gasteiger partial charge in [0.15, 0.2) is 0 Å². The molecule has 1 aromatic carbocycles. The van der Waals surface area contributed by atoms with Gasteiger partial charge in [-0.3, -0.25) is 0 Å². The third-order valence-electron chi connectivity index (χ3n) is 3.90. The second-order valence-electron chi connectivity index (χ2n) is 5.49. The van der Waals surface area contributed by atoms with Crippen LogP contribution in [0.15, 0.2) is 18.3 Å². The molecule has 1 aromatic heterocycles. The molecule has 21 heavy (non-hydrogen) atoms. The predicted octanol–water partition coefficient (Wildman–Crippen LogP) is 3.37.